The van der Waals surface area contributed by atoms with E-state index in [2.05, 4.69) is 21.2 Å². The highest BCUT2D eigenvalue weighted by atomic mass is 79.9. The number of ether oxygens (including phenoxy) is 1. The van der Waals surface area contributed by atoms with Gasteiger partial charge in [-0.25, -0.2) is 8.42 Å². The van der Waals surface area contributed by atoms with Crippen molar-refractivity contribution >= 4 is 37.5 Å². The van der Waals surface area contributed by atoms with Crippen molar-refractivity contribution in [3.05, 3.63) is 57.6 Å². The second kappa shape index (κ2) is 9.63. The minimum Gasteiger partial charge on any atom is -0.496 e. The van der Waals surface area contributed by atoms with E-state index in [-0.39, 0.29) is 18.5 Å². The lowest BCUT2D eigenvalue weighted by atomic mass is 10.0. The number of hydrogen-bond donors (Lipinski definition) is 1. The summed E-state index contributed by atoms with van der Waals surface area (Å²) in [4.78, 5) is 12.7. The van der Waals surface area contributed by atoms with Gasteiger partial charge in [-0.15, -0.1) is 0 Å². The van der Waals surface area contributed by atoms with E-state index in [1.54, 1.807) is 25.3 Å². The summed E-state index contributed by atoms with van der Waals surface area (Å²) in [5.74, 6) is 0.417. The lowest BCUT2D eigenvalue weighted by Gasteiger charge is -2.25. The van der Waals surface area contributed by atoms with Crippen molar-refractivity contribution in [2.45, 2.75) is 33.2 Å². The summed E-state index contributed by atoms with van der Waals surface area (Å²) in [7, 11) is -2.01. The monoisotopic (exact) mass is 482 g/mol. The predicted octanol–water partition coefficient (Wildman–Crippen LogP) is 4.11. The van der Waals surface area contributed by atoms with Gasteiger partial charge in [0.05, 0.1) is 25.1 Å². The summed E-state index contributed by atoms with van der Waals surface area (Å²) in [6, 6.07) is 10.7. The molecule has 0 aliphatic heterocycles. The van der Waals surface area contributed by atoms with E-state index in [1.807, 2.05) is 39.0 Å². The zero-order chi connectivity index (χ0) is 21.8. The number of methoxy groups -OCH3 is 1. The second-order valence-electron chi connectivity index (χ2n) is 6.96. The first-order valence-corrected chi connectivity index (χ1v) is 11.9. The molecule has 0 aliphatic carbocycles. The third-order valence-electron chi connectivity index (χ3n) is 4.68. The summed E-state index contributed by atoms with van der Waals surface area (Å²) >= 11 is 3.41. The Morgan fingerprint density at radius 3 is 2.38 bits per heavy atom. The van der Waals surface area contributed by atoms with Gasteiger partial charge in [-0.3, -0.25) is 9.10 Å². The lowest BCUT2D eigenvalue weighted by molar-refractivity contribution is -0.120. The molecule has 0 unspecified atom stereocenters. The number of nitrogens with one attached hydrogen (secondary N) is 1. The molecule has 0 radical (unpaired) electrons. The first-order chi connectivity index (χ1) is 13.6. The smallest absolute Gasteiger partial charge is 0.241 e. The fraction of sp³-hybridized carbons (Fsp3) is 0.381. The highest BCUT2D eigenvalue weighted by molar-refractivity contribution is 9.10. The van der Waals surface area contributed by atoms with Crippen LogP contribution in [0.1, 0.15) is 36.1 Å². The topological polar surface area (TPSA) is 75.7 Å². The highest BCUT2D eigenvalue weighted by Gasteiger charge is 2.23. The summed E-state index contributed by atoms with van der Waals surface area (Å²) in [5.41, 5.74) is 3.26. The van der Waals surface area contributed by atoms with Crippen LogP contribution in [0.3, 0.4) is 0 Å². The maximum Gasteiger partial charge on any atom is 0.241 e. The SMILES string of the molecule is CC[C@@H](NC(=O)CN(c1ccc(Br)c(C)c1)S(C)(=O)=O)c1ccc(OC)c(C)c1. The molecule has 1 amide bonds. The summed E-state index contributed by atoms with van der Waals surface area (Å²) in [6.07, 6.45) is 1.77. The fourth-order valence-electron chi connectivity index (χ4n) is 3.09. The Labute approximate surface area is 181 Å². The van der Waals surface area contributed by atoms with Crippen molar-refractivity contribution in [1.29, 1.82) is 0 Å². The van der Waals surface area contributed by atoms with E-state index in [1.165, 1.54) is 0 Å². The molecule has 0 fully saturated rings. The van der Waals surface area contributed by atoms with Gasteiger partial charge >= 0.3 is 0 Å². The predicted molar refractivity (Wildman–Crippen MR) is 120 cm³/mol. The number of aryl methyl sites for hydroxylation is 2. The molecule has 0 aliphatic rings. The molecule has 0 bridgehead atoms. The second-order valence-corrected chi connectivity index (χ2v) is 9.72. The van der Waals surface area contributed by atoms with Gasteiger partial charge in [-0.1, -0.05) is 35.0 Å². The Balaban J connectivity index is 2.22. The molecule has 1 N–H and O–H groups in total. The highest BCUT2D eigenvalue weighted by Crippen LogP contribution is 2.26. The molecule has 8 heteroatoms. The van der Waals surface area contributed by atoms with Crippen LogP contribution in [0, 0.1) is 13.8 Å². The van der Waals surface area contributed by atoms with E-state index >= 15 is 0 Å². The van der Waals surface area contributed by atoms with Gasteiger partial charge in [0.2, 0.25) is 15.9 Å². The number of carbonyl (C=O) groups is 1. The normalized spacial score (nSPS) is 12.3. The van der Waals surface area contributed by atoms with E-state index in [9.17, 15) is 13.2 Å². The quantitative estimate of drug-likeness (QED) is 0.614. The average Bonchev–Trinajstić information content (AvgIpc) is 2.65. The van der Waals surface area contributed by atoms with Crippen molar-refractivity contribution in [2.75, 3.05) is 24.2 Å². The third kappa shape index (κ3) is 5.96. The van der Waals surface area contributed by atoms with Gasteiger partial charge < -0.3 is 10.1 Å². The van der Waals surface area contributed by atoms with E-state index in [0.717, 1.165) is 37.5 Å². The first kappa shape index (κ1) is 23.2. The van der Waals surface area contributed by atoms with Crippen LogP contribution in [0.25, 0.3) is 0 Å². The molecular formula is C21H27BrN2O4S. The number of rotatable bonds is 8. The number of benzene rings is 2. The molecule has 0 aromatic heterocycles. The summed E-state index contributed by atoms with van der Waals surface area (Å²) < 4.78 is 31.9. The maximum absolute atomic E-state index is 12.7. The number of amides is 1. The fourth-order valence-corrected chi connectivity index (χ4v) is 4.19. The first-order valence-electron chi connectivity index (χ1n) is 9.24. The standard InChI is InChI=1S/C21H27BrN2O4S/c1-6-19(16-7-10-20(28-4)15(3)11-16)23-21(25)13-24(29(5,26)27)17-8-9-18(22)14(2)12-17/h7-12,19H,6,13H2,1-5H3,(H,23,25)/t19-/m1/s1. The number of nitrogens with zero attached hydrogens (tertiary/aromatic N) is 1. The van der Waals surface area contributed by atoms with Crippen molar-refractivity contribution in [3.8, 4) is 5.75 Å². The van der Waals surface area contributed by atoms with Crippen molar-refractivity contribution in [2.24, 2.45) is 0 Å². The molecular weight excluding hydrogens is 456 g/mol. The molecule has 29 heavy (non-hydrogen) atoms. The Morgan fingerprint density at radius 1 is 1.17 bits per heavy atom. The van der Waals surface area contributed by atoms with E-state index in [0.29, 0.717) is 12.1 Å². The molecule has 2 aromatic carbocycles. The average molecular weight is 483 g/mol. The van der Waals surface area contributed by atoms with Gasteiger partial charge in [0.1, 0.15) is 12.3 Å². The molecule has 6 nitrogen and oxygen atoms in total. The van der Waals surface area contributed by atoms with Crippen LogP contribution >= 0.6 is 15.9 Å². The molecule has 158 valence electrons. The van der Waals surface area contributed by atoms with Gasteiger partial charge in [-0.05, 0) is 61.2 Å². The van der Waals surface area contributed by atoms with Crippen LogP contribution in [-0.2, 0) is 14.8 Å². The number of halogens is 1. The molecule has 2 rings (SSSR count). The van der Waals surface area contributed by atoms with Crippen LogP contribution in [0.2, 0.25) is 0 Å². The van der Waals surface area contributed by atoms with Gasteiger partial charge in [0, 0.05) is 4.47 Å². The minimum atomic E-state index is -3.62. The van der Waals surface area contributed by atoms with Crippen molar-refractivity contribution < 1.29 is 17.9 Å². The molecule has 0 saturated heterocycles. The van der Waals surface area contributed by atoms with Crippen molar-refractivity contribution in [3.63, 3.8) is 0 Å². The van der Waals surface area contributed by atoms with Crippen LogP contribution in [0.5, 0.6) is 5.75 Å². The molecule has 0 saturated carbocycles. The Hall–Kier alpha value is -2.06. The maximum atomic E-state index is 12.7. The number of hydrogen-bond acceptors (Lipinski definition) is 4. The zero-order valence-electron chi connectivity index (χ0n) is 17.3. The van der Waals surface area contributed by atoms with Crippen LogP contribution in [0.4, 0.5) is 5.69 Å². The molecule has 0 heterocycles. The van der Waals surface area contributed by atoms with Gasteiger partial charge in [0.15, 0.2) is 0 Å². The minimum absolute atomic E-state index is 0.222. The molecule has 0 spiro atoms. The summed E-state index contributed by atoms with van der Waals surface area (Å²) in [5, 5.41) is 2.95. The largest absolute Gasteiger partial charge is 0.496 e. The Bertz CT molecular complexity index is 992. The Morgan fingerprint density at radius 2 is 1.86 bits per heavy atom. The zero-order valence-corrected chi connectivity index (χ0v) is 19.7. The number of carbonyl (C=O) groups excluding carboxylic acids is 1. The Kier molecular flexibility index (Phi) is 7.71. The molecule has 1 atom stereocenters. The number of sulfonamides is 1. The van der Waals surface area contributed by atoms with Crippen LogP contribution in [-0.4, -0.2) is 34.2 Å². The lowest BCUT2D eigenvalue weighted by Crippen LogP contribution is -2.41. The van der Waals surface area contributed by atoms with Crippen molar-refractivity contribution in [1.82, 2.24) is 5.32 Å². The molecule has 2 aromatic rings. The van der Waals surface area contributed by atoms with Gasteiger partial charge in [-0.2, -0.15) is 0 Å². The van der Waals surface area contributed by atoms with E-state index in [4.69, 9.17) is 4.74 Å². The summed E-state index contributed by atoms with van der Waals surface area (Å²) in [6.45, 7) is 5.49. The van der Waals surface area contributed by atoms with Gasteiger partial charge in [0.25, 0.3) is 0 Å². The number of anilines is 1. The van der Waals surface area contributed by atoms with Crippen LogP contribution in [0.15, 0.2) is 40.9 Å². The van der Waals surface area contributed by atoms with Crippen LogP contribution < -0.4 is 14.4 Å². The third-order valence-corrected chi connectivity index (χ3v) is 6.71. The van der Waals surface area contributed by atoms with E-state index < -0.39 is 10.0 Å².